The summed E-state index contributed by atoms with van der Waals surface area (Å²) >= 11 is 0. The van der Waals surface area contributed by atoms with Gasteiger partial charge in [-0.3, -0.25) is 9.89 Å². The van der Waals surface area contributed by atoms with Crippen LogP contribution in [0.4, 0.5) is 4.79 Å². The summed E-state index contributed by atoms with van der Waals surface area (Å²) < 4.78 is 0. The highest BCUT2D eigenvalue weighted by molar-refractivity contribution is 5.82. The van der Waals surface area contributed by atoms with E-state index < -0.39 is 18.0 Å². The summed E-state index contributed by atoms with van der Waals surface area (Å²) in [5.74, 6) is -1.06. The molecule has 1 atom stereocenters. The molecule has 0 saturated carbocycles. The summed E-state index contributed by atoms with van der Waals surface area (Å²) in [7, 11) is 1.58. The predicted octanol–water partition coefficient (Wildman–Crippen LogP) is 0.0242. The summed E-state index contributed by atoms with van der Waals surface area (Å²) in [6.45, 7) is 1.78. The summed E-state index contributed by atoms with van der Waals surface area (Å²) in [6.07, 6.45) is 3.27. The van der Waals surface area contributed by atoms with Crippen molar-refractivity contribution in [3.63, 3.8) is 0 Å². The van der Waals surface area contributed by atoms with E-state index in [0.29, 0.717) is 6.54 Å². The van der Waals surface area contributed by atoms with Gasteiger partial charge < -0.3 is 15.3 Å². The third-order valence-corrected chi connectivity index (χ3v) is 2.03. The van der Waals surface area contributed by atoms with E-state index in [2.05, 4.69) is 15.5 Å². The molecule has 2 amide bonds. The molecule has 0 aromatic carbocycles. The third kappa shape index (κ3) is 3.26. The number of aliphatic carboxylic acids is 1. The molecule has 1 rings (SSSR count). The van der Waals surface area contributed by atoms with Gasteiger partial charge in [0.15, 0.2) is 0 Å². The molecule has 0 bridgehead atoms. The number of hydrogen-bond donors (Lipinski definition) is 3. The zero-order valence-electron chi connectivity index (χ0n) is 9.10. The number of aromatic nitrogens is 2. The van der Waals surface area contributed by atoms with Crippen molar-refractivity contribution in [1.29, 1.82) is 0 Å². The average Bonchev–Trinajstić information content (AvgIpc) is 2.69. The lowest BCUT2D eigenvalue weighted by Gasteiger charge is -2.18. The van der Waals surface area contributed by atoms with Crippen LogP contribution in [-0.2, 0) is 11.3 Å². The van der Waals surface area contributed by atoms with Crippen molar-refractivity contribution in [1.82, 2.24) is 20.4 Å². The highest BCUT2D eigenvalue weighted by Gasteiger charge is 2.16. The van der Waals surface area contributed by atoms with E-state index in [9.17, 15) is 9.59 Å². The first-order valence-electron chi connectivity index (χ1n) is 4.72. The van der Waals surface area contributed by atoms with Crippen molar-refractivity contribution in [3.8, 4) is 0 Å². The van der Waals surface area contributed by atoms with Crippen molar-refractivity contribution in [2.24, 2.45) is 0 Å². The molecule has 88 valence electrons. The maximum atomic E-state index is 11.5. The Bertz CT molecular complexity index is 363. The molecule has 0 aliphatic carbocycles. The average molecular weight is 226 g/mol. The second-order valence-corrected chi connectivity index (χ2v) is 3.47. The van der Waals surface area contributed by atoms with Gasteiger partial charge in [0.2, 0.25) is 0 Å². The predicted molar refractivity (Wildman–Crippen MR) is 55.7 cm³/mol. The minimum atomic E-state index is -1.06. The number of urea groups is 1. The number of nitrogens with zero attached hydrogens (tertiary/aromatic N) is 2. The van der Waals surface area contributed by atoms with E-state index in [4.69, 9.17) is 5.11 Å². The molecule has 0 saturated heterocycles. The number of carboxylic acids is 1. The van der Waals surface area contributed by atoms with Crippen molar-refractivity contribution < 1.29 is 14.7 Å². The van der Waals surface area contributed by atoms with Gasteiger partial charge in [-0.2, -0.15) is 5.10 Å². The van der Waals surface area contributed by atoms with Crippen LogP contribution >= 0.6 is 0 Å². The zero-order chi connectivity index (χ0) is 12.1. The topological polar surface area (TPSA) is 98.3 Å². The van der Waals surface area contributed by atoms with E-state index in [1.807, 2.05) is 0 Å². The third-order valence-electron chi connectivity index (χ3n) is 2.03. The van der Waals surface area contributed by atoms with Crippen LogP contribution in [0.25, 0.3) is 0 Å². The first-order valence-corrected chi connectivity index (χ1v) is 4.72. The molecule has 7 heteroatoms. The lowest BCUT2D eigenvalue weighted by atomic mass is 10.3. The van der Waals surface area contributed by atoms with Gasteiger partial charge >= 0.3 is 12.0 Å². The second-order valence-electron chi connectivity index (χ2n) is 3.47. The smallest absolute Gasteiger partial charge is 0.325 e. The lowest BCUT2D eigenvalue weighted by Crippen LogP contribution is -2.44. The molecule has 0 radical (unpaired) electrons. The van der Waals surface area contributed by atoms with E-state index in [1.165, 1.54) is 11.8 Å². The molecular weight excluding hydrogens is 212 g/mol. The molecule has 16 heavy (non-hydrogen) atoms. The zero-order valence-corrected chi connectivity index (χ0v) is 9.10. The number of carbonyl (C=O) groups is 2. The standard InChI is InChI=1S/C9H14N4O3/c1-6(8(14)15)12-9(16)13(2)5-7-3-10-11-4-7/h3-4,6H,5H2,1-2H3,(H,10,11)(H,12,16)(H,14,15)/t6-/m0/s1. The van der Waals surface area contributed by atoms with E-state index in [0.717, 1.165) is 5.56 Å². The molecule has 0 spiro atoms. The quantitative estimate of drug-likeness (QED) is 0.674. The first kappa shape index (κ1) is 12.0. The number of nitrogens with one attached hydrogen (secondary N) is 2. The summed E-state index contributed by atoms with van der Waals surface area (Å²) in [6, 6.07) is -1.34. The van der Waals surface area contributed by atoms with Crippen molar-refractivity contribution in [2.45, 2.75) is 19.5 Å². The Balaban J connectivity index is 2.45. The second kappa shape index (κ2) is 5.15. The van der Waals surface area contributed by atoms with Gasteiger partial charge in [0.1, 0.15) is 6.04 Å². The molecule has 7 nitrogen and oxygen atoms in total. The molecular formula is C9H14N4O3. The van der Waals surface area contributed by atoms with Crippen LogP contribution in [0.15, 0.2) is 12.4 Å². The molecule has 1 heterocycles. The van der Waals surface area contributed by atoms with Crippen molar-refractivity contribution >= 4 is 12.0 Å². The highest BCUT2D eigenvalue weighted by Crippen LogP contribution is 1.99. The molecule has 3 N–H and O–H groups in total. The highest BCUT2D eigenvalue weighted by atomic mass is 16.4. The van der Waals surface area contributed by atoms with Gasteiger partial charge in [-0.05, 0) is 6.92 Å². The fraction of sp³-hybridized carbons (Fsp3) is 0.444. The minimum Gasteiger partial charge on any atom is -0.480 e. The molecule has 0 fully saturated rings. The van der Waals surface area contributed by atoms with Gasteiger partial charge in [0.05, 0.1) is 12.7 Å². The van der Waals surface area contributed by atoms with E-state index >= 15 is 0 Å². The molecule has 1 aromatic rings. The van der Waals surface area contributed by atoms with Gasteiger partial charge in [-0.1, -0.05) is 0 Å². The number of hydrogen-bond acceptors (Lipinski definition) is 3. The Morgan fingerprint density at radius 2 is 2.38 bits per heavy atom. The number of H-pyrrole nitrogens is 1. The SMILES string of the molecule is C[C@H](NC(=O)N(C)Cc1cn[nH]c1)C(=O)O. The summed E-state index contributed by atoms with van der Waals surface area (Å²) in [5, 5.41) is 17.3. The molecule has 0 aliphatic rings. The Labute approximate surface area is 92.4 Å². The number of rotatable bonds is 4. The number of carboxylic acid groups (broad SMARTS) is 1. The fourth-order valence-corrected chi connectivity index (χ4v) is 1.07. The van der Waals surface area contributed by atoms with Crippen molar-refractivity contribution in [2.75, 3.05) is 7.05 Å². The number of aromatic amines is 1. The summed E-state index contributed by atoms with van der Waals surface area (Å²) in [5.41, 5.74) is 0.848. The van der Waals surface area contributed by atoms with E-state index in [-0.39, 0.29) is 0 Å². The lowest BCUT2D eigenvalue weighted by molar-refractivity contribution is -0.138. The Hall–Kier alpha value is -2.05. The van der Waals surface area contributed by atoms with Gasteiger partial charge in [-0.15, -0.1) is 0 Å². The van der Waals surface area contributed by atoms with Crippen LogP contribution in [-0.4, -0.2) is 45.3 Å². The van der Waals surface area contributed by atoms with Crippen LogP contribution in [0, 0.1) is 0 Å². The van der Waals surface area contributed by atoms with Crippen LogP contribution in [0.1, 0.15) is 12.5 Å². The monoisotopic (exact) mass is 226 g/mol. The fourth-order valence-electron chi connectivity index (χ4n) is 1.07. The summed E-state index contributed by atoms with van der Waals surface area (Å²) in [4.78, 5) is 23.4. The number of carbonyl (C=O) groups excluding carboxylic acids is 1. The maximum Gasteiger partial charge on any atom is 0.325 e. The van der Waals surface area contributed by atoms with Gasteiger partial charge in [0.25, 0.3) is 0 Å². The van der Waals surface area contributed by atoms with E-state index in [1.54, 1.807) is 19.4 Å². The van der Waals surface area contributed by atoms with Gasteiger partial charge in [0, 0.05) is 18.8 Å². The van der Waals surface area contributed by atoms with Crippen LogP contribution in [0.5, 0.6) is 0 Å². The Morgan fingerprint density at radius 1 is 1.69 bits per heavy atom. The number of amides is 2. The van der Waals surface area contributed by atoms with Crippen LogP contribution in [0.2, 0.25) is 0 Å². The van der Waals surface area contributed by atoms with Crippen LogP contribution < -0.4 is 5.32 Å². The molecule has 1 aromatic heterocycles. The molecule has 0 unspecified atom stereocenters. The molecule has 0 aliphatic heterocycles. The maximum absolute atomic E-state index is 11.5. The normalized spacial score (nSPS) is 11.9. The minimum absolute atomic E-state index is 0.370. The Morgan fingerprint density at radius 3 is 2.88 bits per heavy atom. The first-order chi connectivity index (χ1) is 7.50. The van der Waals surface area contributed by atoms with Crippen LogP contribution in [0.3, 0.4) is 0 Å². The van der Waals surface area contributed by atoms with Gasteiger partial charge in [-0.25, -0.2) is 4.79 Å². The Kier molecular flexibility index (Phi) is 3.87. The van der Waals surface area contributed by atoms with Crippen molar-refractivity contribution in [3.05, 3.63) is 18.0 Å². The largest absolute Gasteiger partial charge is 0.480 e.